The van der Waals surface area contributed by atoms with Crippen LogP contribution in [0.3, 0.4) is 0 Å². The summed E-state index contributed by atoms with van der Waals surface area (Å²) in [6.07, 6.45) is 0.0803. The summed E-state index contributed by atoms with van der Waals surface area (Å²) in [4.78, 5) is 41.6. The van der Waals surface area contributed by atoms with E-state index in [0.717, 1.165) is 0 Å². The van der Waals surface area contributed by atoms with Crippen LogP contribution >= 0.6 is 0 Å². The highest BCUT2D eigenvalue weighted by Gasteiger charge is 2.32. The SMILES string of the molecule is [N-]=[N+]=NCCOCCOCCOCCOCCOCCOCCOCCOCCOCCOCC(=O)ON1C(=O)CCC1=O. The Morgan fingerprint density at radius 2 is 0.841 bits per heavy atom. The number of hydrogen-bond donors (Lipinski definition) is 0. The van der Waals surface area contributed by atoms with Crippen molar-refractivity contribution in [2.24, 2.45) is 5.11 Å². The Labute approximate surface area is 256 Å². The molecule has 254 valence electrons. The topological polar surface area (TPSA) is 205 Å². The van der Waals surface area contributed by atoms with Crippen LogP contribution in [0.4, 0.5) is 0 Å². The third kappa shape index (κ3) is 24.9. The van der Waals surface area contributed by atoms with Gasteiger partial charge in [0.05, 0.1) is 126 Å². The van der Waals surface area contributed by atoms with Crippen molar-refractivity contribution in [1.29, 1.82) is 0 Å². The van der Waals surface area contributed by atoms with Crippen LogP contribution in [0.25, 0.3) is 10.4 Å². The van der Waals surface area contributed by atoms with E-state index in [9.17, 15) is 14.4 Å². The van der Waals surface area contributed by atoms with Crippen molar-refractivity contribution >= 4 is 17.8 Å². The molecular formula is C26H46N4O14. The highest BCUT2D eigenvalue weighted by atomic mass is 16.7. The molecule has 1 saturated heterocycles. The van der Waals surface area contributed by atoms with E-state index in [2.05, 4.69) is 14.9 Å². The standard InChI is InChI=1S/C26H46N4O14/c27-29-28-3-4-34-5-6-35-7-8-36-9-10-37-11-12-38-13-14-39-15-16-40-17-18-41-19-20-42-21-22-43-23-26(33)44-30-24(31)1-2-25(30)32/h1-23H2. The van der Waals surface area contributed by atoms with E-state index < -0.39 is 24.4 Å². The average Bonchev–Trinajstić information content (AvgIpc) is 3.33. The number of nitrogens with zero attached hydrogens (tertiary/aromatic N) is 4. The third-order valence-electron chi connectivity index (χ3n) is 5.17. The first kappa shape index (κ1) is 39.5. The molecule has 0 saturated carbocycles. The number of hydroxylamine groups is 2. The molecule has 0 bridgehead atoms. The van der Waals surface area contributed by atoms with E-state index in [1.54, 1.807) is 0 Å². The minimum atomic E-state index is -0.823. The van der Waals surface area contributed by atoms with Gasteiger partial charge in [-0.2, -0.15) is 0 Å². The van der Waals surface area contributed by atoms with Gasteiger partial charge in [0.1, 0.15) is 6.61 Å². The number of azide groups is 1. The van der Waals surface area contributed by atoms with Gasteiger partial charge in [-0.25, -0.2) is 4.79 Å². The lowest BCUT2D eigenvalue weighted by Gasteiger charge is -2.12. The molecule has 0 N–H and O–H groups in total. The molecule has 1 heterocycles. The maximum Gasteiger partial charge on any atom is 0.358 e. The van der Waals surface area contributed by atoms with Gasteiger partial charge < -0.3 is 52.2 Å². The second-order valence-corrected chi connectivity index (χ2v) is 8.56. The van der Waals surface area contributed by atoms with Crippen LogP contribution in [0, 0.1) is 0 Å². The monoisotopic (exact) mass is 638 g/mol. The maximum atomic E-state index is 11.6. The summed E-state index contributed by atoms with van der Waals surface area (Å²) in [7, 11) is 0. The van der Waals surface area contributed by atoms with Crippen LogP contribution in [-0.2, 0) is 66.6 Å². The van der Waals surface area contributed by atoms with E-state index >= 15 is 0 Å². The van der Waals surface area contributed by atoms with Crippen LogP contribution < -0.4 is 0 Å². The summed E-state index contributed by atoms with van der Waals surface area (Å²) in [5, 5.41) is 3.84. The zero-order valence-corrected chi connectivity index (χ0v) is 25.3. The summed E-state index contributed by atoms with van der Waals surface area (Å²) < 4.78 is 53.4. The lowest BCUT2D eigenvalue weighted by atomic mass is 10.4. The highest BCUT2D eigenvalue weighted by Crippen LogP contribution is 2.11. The van der Waals surface area contributed by atoms with Crippen molar-refractivity contribution in [2.75, 3.05) is 139 Å². The fraction of sp³-hybridized carbons (Fsp3) is 0.885. The van der Waals surface area contributed by atoms with E-state index in [0.29, 0.717) is 124 Å². The van der Waals surface area contributed by atoms with Crippen LogP contribution in [0.2, 0.25) is 0 Å². The van der Waals surface area contributed by atoms with Crippen molar-refractivity contribution in [3.05, 3.63) is 10.4 Å². The summed E-state index contributed by atoms with van der Waals surface area (Å²) in [5.74, 6) is -1.90. The molecule has 0 unspecified atom stereocenters. The molecule has 1 aliphatic rings. The largest absolute Gasteiger partial charge is 0.379 e. The summed E-state index contributed by atoms with van der Waals surface area (Å²) in [6.45, 7) is 7.83. The Kier molecular flexibility index (Phi) is 27.4. The minimum Gasteiger partial charge on any atom is -0.379 e. The van der Waals surface area contributed by atoms with Gasteiger partial charge >= 0.3 is 5.97 Å². The molecule has 0 radical (unpaired) electrons. The van der Waals surface area contributed by atoms with Gasteiger partial charge in [-0.05, 0) is 5.53 Å². The van der Waals surface area contributed by atoms with Gasteiger partial charge in [0.25, 0.3) is 11.8 Å². The molecule has 18 heteroatoms. The van der Waals surface area contributed by atoms with E-state index in [1.807, 2.05) is 0 Å². The Bertz CT molecular complexity index is 772. The van der Waals surface area contributed by atoms with Crippen molar-refractivity contribution < 1.29 is 66.6 Å². The molecule has 0 aromatic carbocycles. The van der Waals surface area contributed by atoms with Gasteiger partial charge in [-0.1, -0.05) is 5.11 Å². The minimum absolute atomic E-state index is 0.0402. The number of amides is 2. The quantitative estimate of drug-likeness (QED) is 0.0307. The molecule has 1 aliphatic heterocycles. The first-order valence-electron chi connectivity index (χ1n) is 14.5. The lowest BCUT2D eigenvalue weighted by molar-refractivity contribution is -0.200. The molecule has 18 nitrogen and oxygen atoms in total. The second kappa shape index (κ2) is 30.5. The molecule has 2 amide bonds. The summed E-state index contributed by atoms with van der Waals surface area (Å²) in [6, 6.07) is 0. The zero-order chi connectivity index (χ0) is 31.8. The normalized spacial score (nSPS) is 13.0. The number of rotatable bonds is 33. The average molecular weight is 639 g/mol. The zero-order valence-electron chi connectivity index (χ0n) is 25.3. The van der Waals surface area contributed by atoms with Crippen molar-refractivity contribution in [3.8, 4) is 0 Å². The van der Waals surface area contributed by atoms with Crippen LogP contribution in [0.15, 0.2) is 5.11 Å². The first-order chi connectivity index (χ1) is 21.6. The summed E-state index contributed by atoms with van der Waals surface area (Å²) >= 11 is 0. The number of hydrogen-bond acceptors (Lipinski definition) is 15. The predicted molar refractivity (Wildman–Crippen MR) is 149 cm³/mol. The predicted octanol–water partition coefficient (Wildman–Crippen LogP) is 0.0699. The maximum absolute atomic E-state index is 11.6. The smallest absolute Gasteiger partial charge is 0.358 e. The Morgan fingerprint density at radius 3 is 1.16 bits per heavy atom. The second-order valence-electron chi connectivity index (χ2n) is 8.56. The molecule has 0 aliphatic carbocycles. The molecule has 0 spiro atoms. The van der Waals surface area contributed by atoms with Crippen molar-refractivity contribution in [2.45, 2.75) is 12.8 Å². The number of carbonyl (C=O) groups is 3. The number of imide groups is 1. The fourth-order valence-corrected chi connectivity index (χ4v) is 3.07. The Hall–Kier alpha value is -2.48. The Morgan fingerprint density at radius 1 is 0.545 bits per heavy atom. The van der Waals surface area contributed by atoms with Crippen LogP contribution in [-0.4, -0.2) is 162 Å². The highest BCUT2D eigenvalue weighted by molar-refractivity contribution is 6.01. The molecule has 44 heavy (non-hydrogen) atoms. The summed E-state index contributed by atoms with van der Waals surface area (Å²) in [5.41, 5.74) is 8.12. The van der Waals surface area contributed by atoms with Crippen LogP contribution in [0.1, 0.15) is 12.8 Å². The van der Waals surface area contributed by atoms with E-state index in [4.69, 9.17) is 52.9 Å². The van der Waals surface area contributed by atoms with Gasteiger partial charge in [0.2, 0.25) is 0 Å². The molecule has 0 atom stereocenters. The molecule has 1 fully saturated rings. The molecular weight excluding hydrogens is 592 g/mol. The van der Waals surface area contributed by atoms with Gasteiger partial charge in [-0.15, -0.1) is 5.06 Å². The first-order valence-corrected chi connectivity index (χ1v) is 14.5. The van der Waals surface area contributed by atoms with Gasteiger partial charge in [0.15, 0.2) is 0 Å². The fourth-order valence-electron chi connectivity index (χ4n) is 3.07. The van der Waals surface area contributed by atoms with E-state index in [1.165, 1.54) is 0 Å². The number of ether oxygens (including phenoxy) is 10. The van der Waals surface area contributed by atoms with Gasteiger partial charge in [0, 0.05) is 24.3 Å². The lowest BCUT2D eigenvalue weighted by Crippen LogP contribution is -2.33. The van der Waals surface area contributed by atoms with E-state index in [-0.39, 0.29) is 26.1 Å². The number of carbonyl (C=O) groups excluding carboxylic acids is 3. The van der Waals surface area contributed by atoms with Crippen molar-refractivity contribution in [3.63, 3.8) is 0 Å². The van der Waals surface area contributed by atoms with Crippen LogP contribution in [0.5, 0.6) is 0 Å². The molecule has 0 aromatic heterocycles. The van der Waals surface area contributed by atoms with Gasteiger partial charge in [-0.3, -0.25) is 9.59 Å². The molecule has 0 aromatic rings. The third-order valence-corrected chi connectivity index (χ3v) is 5.17. The Balaban J connectivity index is 1.66. The molecule has 1 rings (SSSR count). The van der Waals surface area contributed by atoms with Crippen molar-refractivity contribution in [1.82, 2.24) is 5.06 Å².